The highest BCUT2D eigenvalue weighted by Crippen LogP contribution is 2.26. The van der Waals surface area contributed by atoms with E-state index in [4.69, 9.17) is 14.6 Å². The minimum atomic E-state index is -0.783. The normalized spacial score (nSPS) is 20.6. The Morgan fingerprint density at radius 1 is 1.23 bits per heavy atom. The van der Waals surface area contributed by atoms with Gasteiger partial charge in [-0.05, 0) is 43.5 Å². The van der Waals surface area contributed by atoms with E-state index in [1.54, 1.807) is 31.4 Å². The first-order valence-electron chi connectivity index (χ1n) is 7.35. The molecule has 6 nitrogen and oxygen atoms in total. The molecular weight excluding hydrogens is 286 g/mol. The van der Waals surface area contributed by atoms with Gasteiger partial charge in [0.25, 0.3) is 5.91 Å². The second kappa shape index (κ2) is 7.79. The number of carboxylic acids is 1. The lowest BCUT2D eigenvalue weighted by atomic mass is 10.1. The predicted molar refractivity (Wildman–Crippen MR) is 80.0 cm³/mol. The van der Waals surface area contributed by atoms with Crippen molar-refractivity contribution in [2.75, 3.05) is 20.3 Å². The first-order valence-corrected chi connectivity index (χ1v) is 7.35. The third-order valence-electron chi connectivity index (χ3n) is 3.79. The van der Waals surface area contributed by atoms with Crippen LogP contribution in [0.4, 0.5) is 0 Å². The van der Waals surface area contributed by atoms with Crippen molar-refractivity contribution in [2.24, 2.45) is 5.92 Å². The van der Waals surface area contributed by atoms with Gasteiger partial charge < -0.3 is 19.9 Å². The lowest BCUT2D eigenvalue weighted by Crippen LogP contribution is -2.33. The summed E-state index contributed by atoms with van der Waals surface area (Å²) in [7, 11) is 1.61. The maximum atomic E-state index is 12.1. The highest BCUT2D eigenvalue weighted by Gasteiger charge is 2.30. The van der Waals surface area contributed by atoms with E-state index in [2.05, 4.69) is 5.32 Å². The van der Waals surface area contributed by atoms with Crippen molar-refractivity contribution in [1.29, 1.82) is 0 Å². The molecule has 0 unspecified atom stereocenters. The zero-order chi connectivity index (χ0) is 15.9. The largest absolute Gasteiger partial charge is 0.491 e. The van der Waals surface area contributed by atoms with Crippen LogP contribution in [0.3, 0.4) is 0 Å². The smallest absolute Gasteiger partial charge is 0.306 e. The van der Waals surface area contributed by atoms with Crippen molar-refractivity contribution in [2.45, 2.75) is 25.3 Å². The molecule has 1 aromatic carbocycles. The van der Waals surface area contributed by atoms with Gasteiger partial charge in [-0.1, -0.05) is 0 Å². The molecule has 0 heterocycles. The van der Waals surface area contributed by atoms with E-state index in [0.29, 0.717) is 43.8 Å². The second-order valence-electron chi connectivity index (χ2n) is 5.38. The Hall–Kier alpha value is -2.08. The predicted octanol–water partition coefficient (Wildman–Crippen LogP) is 1.69. The van der Waals surface area contributed by atoms with Gasteiger partial charge in [-0.2, -0.15) is 0 Å². The third-order valence-corrected chi connectivity index (χ3v) is 3.79. The van der Waals surface area contributed by atoms with E-state index in [-0.39, 0.29) is 17.9 Å². The van der Waals surface area contributed by atoms with Crippen LogP contribution in [-0.2, 0) is 9.53 Å². The summed E-state index contributed by atoms with van der Waals surface area (Å²) in [5.74, 6) is -0.629. The summed E-state index contributed by atoms with van der Waals surface area (Å²) in [6, 6.07) is 6.80. The second-order valence-corrected chi connectivity index (χ2v) is 5.38. The van der Waals surface area contributed by atoms with Crippen LogP contribution in [0.1, 0.15) is 29.6 Å². The molecule has 1 saturated carbocycles. The molecule has 2 atom stereocenters. The Morgan fingerprint density at radius 3 is 2.55 bits per heavy atom. The number of carboxylic acid groups (broad SMARTS) is 1. The van der Waals surface area contributed by atoms with Crippen molar-refractivity contribution in [3.8, 4) is 5.75 Å². The van der Waals surface area contributed by atoms with Gasteiger partial charge in [0.1, 0.15) is 12.4 Å². The topological polar surface area (TPSA) is 84.9 Å². The number of ether oxygens (including phenoxy) is 2. The van der Waals surface area contributed by atoms with Crippen LogP contribution in [-0.4, -0.2) is 43.3 Å². The molecule has 0 aliphatic heterocycles. The van der Waals surface area contributed by atoms with Gasteiger partial charge in [0.05, 0.1) is 12.5 Å². The number of nitrogens with one attached hydrogen (secondary N) is 1. The van der Waals surface area contributed by atoms with Gasteiger partial charge in [0.15, 0.2) is 0 Å². The highest BCUT2D eigenvalue weighted by atomic mass is 16.5. The molecule has 2 rings (SSSR count). The lowest BCUT2D eigenvalue weighted by molar-refractivity contribution is -0.141. The summed E-state index contributed by atoms with van der Waals surface area (Å²) in [4.78, 5) is 23.0. The zero-order valence-corrected chi connectivity index (χ0v) is 12.6. The van der Waals surface area contributed by atoms with Crippen LogP contribution in [0, 0.1) is 5.92 Å². The molecule has 1 aliphatic rings. The van der Waals surface area contributed by atoms with Gasteiger partial charge in [0, 0.05) is 18.7 Å². The zero-order valence-electron chi connectivity index (χ0n) is 12.6. The molecule has 0 aromatic heterocycles. The molecule has 1 fully saturated rings. The quantitative estimate of drug-likeness (QED) is 0.749. The highest BCUT2D eigenvalue weighted by molar-refractivity contribution is 5.94. The maximum absolute atomic E-state index is 12.1. The summed E-state index contributed by atoms with van der Waals surface area (Å²) in [6.07, 6.45) is 1.83. The molecule has 1 aliphatic carbocycles. The number of amides is 1. The number of carbonyl (C=O) groups is 2. The number of rotatable bonds is 7. The van der Waals surface area contributed by atoms with Crippen LogP contribution in [0.5, 0.6) is 5.75 Å². The summed E-state index contributed by atoms with van der Waals surface area (Å²) in [5, 5.41) is 11.9. The van der Waals surface area contributed by atoms with Crippen molar-refractivity contribution < 1.29 is 24.2 Å². The van der Waals surface area contributed by atoms with Crippen molar-refractivity contribution in [3.05, 3.63) is 29.8 Å². The minimum absolute atomic E-state index is 0.0637. The Morgan fingerprint density at radius 2 is 1.95 bits per heavy atom. The first-order chi connectivity index (χ1) is 10.6. The molecule has 1 amide bonds. The molecule has 1 aromatic rings. The summed E-state index contributed by atoms with van der Waals surface area (Å²) >= 11 is 0. The molecule has 6 heteroatoms. The number of methoxy groups -OCH3 is 1. The van der Waals surface area contributed by atoms with E-state index < -0.39 is 5.97 Å². The average Bonchev–Trinajstić information content (AvgIpc) is 2.97. The minimum Gasteiger partial charge on any atom is -0.491 e. The van der Waals surface area contributed by atoms with E-state index in [1.807, 2.05) is 0 Å². The van der Waals surface area contributed by atoms with Gasteiger partial charge in [0.2, 0.25) is 0 Å². The summed E-state index contributed by atoms with van der Waals surface area (Å²) < 4.78 is 10.3. The van der Waals surface area contributed by atoms with Crippen molar-refractivity contribution in [3.63, 3.8) is 0 Å². The van der Waals surface area contributed by atoms with E-state index in [9.17, 15) is 9.59 Å². The Kier molecular flexibility index (Phi) is 5.77. The summed E-state index contributed by atoms with van der Waals surface area (Å²) in [6.45, 7) is 0.968. The van der Waals surface area contributed by atoms with Crippen LogP contribution in [0.15, 0.2) is 24.3 Å². The maximum Gasteiger partial charge on any atom is 0.306 e. The third kappa shape index (κ3) is 4.46. The molecule has 120 valence electrons. The van der Waals surface area contributed by atoms with Crippen LogP contribution < -0.4 is 10.1 Å². The van der Waals surface area contributed by atoms with Crippen molar-refractivity contribution >= 4 is 11.9 Å². The van der Waals surface area contributed by atoms with E-state index >= 15 is 0 Å². The fraction of sp³-hybridized carbons (Fsp3) is 0.500. The van der Waals surface area contributed by atoms with Gasteiger partial charge >= 0.3 is 5.97 Å². The molecule has 2 N–H and O–H groups in total. The fourth-order valence-corrected chi connectivity index (χ4v) is 2.55. The average molecular weight is 307 g/mol. The standard InChI is InChI=1S/C16H21NO5/c1-21-8-9-22-14-6-3-11(4-7-14)15(18)17-13-5-2-12(10-13)16(19)20/h3-4,6-7,12-13H,2,5,8-10H2,1H3,(H,17,18)(H,19,20)/t12-,13+/m1/s1. The Labute approximate surface area is 129 Å². The Balaban J connectivity index is 1.84. The van der Waals surface area contributed by atoms with Gasteiger partial charge in [-0.25, -0.2) is 0 Å². The fourth-order valence-electron chi connectivity index (χ4n) is 2.55. The SMILES string of the molecule is COCCOc1ccc(C(=O)N[C@H]2CC[C@@H](C(=O)O)C2)cc1. The number of hydrogen-bond donors (Lipinski definition) is 2. The number of aliphatic carboxylic acids is 1. The lowest BCUT2D eigenvalue weighted by Gasteiger charge is -2.13. The number of benzene rings is 1. The molecule has 0 bridgehead atoms. The Bertz CT molecular complexity index is 514. The van der Waals surface area contributed by atoms with Crippen LogP contribution in [0.2, 0.25) is 0 Å². The monoisotopic (exact) mass is 307 g/mol. The van der Waals surface area contributed by atoms with Crippen LogP contribution >= 0.6 is 0 Å². The van der Waals surface area contributed by atoms with Crippen LogP contribution in [0.25, 0.3) is 0 Å². The van der Waals surface area contributed by atoms with E-state index in [1.165, 1.54) is 0 Å². The van der Waals surface area contributed by atoms with Gasteiger partial charge in [-0.3, -0.25) is 9.59 Å². The number of hydrogen-bond acceptors (Lipinski definition) is 4. The van der Waals surface area contributed by atoms with E-state index in [0.717, 1.165) is 0 Å². The molecule has 0 radical (unpaired) electrons. The molecule has 0 spiro atoms. The summed E-state index contributed by atoms with van der Waals surface area (Å²) in [5.41, 5.74) is 0.540. The molecule has 0 saturated heterocycles. The molecule has 22 heavy (non-hydrogen) atoms. The molecular formula is C16H21NO5. The van der Waals surface area contributed by atoms with Gasteiger partial charge in [-0.15, -0.1) is 0 Å². The van der Waals surface area contributed by atoms with Crippen molar-refractivity contribution in [1.82, 2.24) is 5.32 Å². The first kappa shape index (κ1) is 16.3. The number of carbonyl (C=O) groups excluding carboxylic acids is 1.